The van der Waals surface area contributed by atoms with Gasteiger partial charge in [0.25, 0.3) is 5.91 Å². The molecular weight excluding hydrogens is 456 g/mol. The van der Waals surface area contributed by atoms with Gasteiger partial charge in [-0.25, -0.2) is 13.1 Å². The molecule has 0 bridgehead atoms. The molecule has 1 fully saturated rings. The minimum atomic E-state index is -3.63. The van der Waals surface area contributed by atoms with Crippen LogP contribution in [0.15, 0.2) is 47.8 Å². The fourth-order valence-corrected chi connectivity index (χ4v) is 4.96. The van der Waals surface area contributed by atoms with Crippen molar-refractivity contribution in [2.45, 2.75) is 18.6 Å². The van der Waals surface area contributed by atoms with Gasteiger partial charge in [0.1, 0.15) is 10.6 Å². The summed E-state index contributed by atoms with van der Waals surface area (Å²) in [5.41, 5.74) is 1.29. The maximum absolute atomic E-state index is 12.8. The van der Waals surface area contributed by atoms with Crippen molar-refractivity contribution < 1.29 is 17.9 Å². The lowest BCUT2D eigenvalue weighted by molar-refractivity contribution is 0.0690. The van der Waals surface area contributed by atoms with E-state index in [9.17, 15) is 13.2 Å². The van der Waals surface area contributed by atoms with E-state index in [-0.39, 0.29) is 49.4 Å². The molecular formula is C20H23ClN6O4S. The SMILES string of the molecule is Cc1ccc(Cl)c(OCn2ccc(C(=O)N3CCN(S(=O)(=O)c4cnn(C)c4)CC3)n2)c1. The summed E-state index contributed by atoms with van der Waals surface area (Å²) in [6.45, 7) is 3.02. The molecule has 170 valence electrons. The minimum absolute atomic E-state index is 0.105. The van der Waals surface area contributed by atoms with Crippen LogP contribution in [-0.2, 0) is 23.8 Å². The summed E-state index contributed by atoms with van der Waals surface area (Å²) in [6, 6.07) is 7.10. The van der Waals surface area contributed by atoms with E-state index in [0.29, 0.717) is 10.8 Å². The fraction of sp³-hybridized carbons (Fsp3) is 0.350. The first-order chi connectivity index (χ1) is 15.2. The highest BCUT2D eigenvalue weighted by Crippen LogP contribution is 2.25. The van der Waals surface area contributed by atoms with Crippen molar-refractivity contribution in [2.75, 3.05) is 26.2 Å². The van der Waals surface area contributed by atoms with Gasteiger partial charge in [-0.15, -0.1) is 0 Å². The molecule has 3 aromatic rings. The Hall–Kier alpha value is -2.89. The van der Waals surface area contributed by atoms with Crippen LogP contribution in [0.25, 0.3) is 0 Å². The molecule has 2 aromatic heterocycles. The molecule has 12 heteroatoms. The van der Waals surface area contributed by atoms with Gasteiger partial charge in [-0.3, -0.25) is 9.48 Å². The van der Waals surface area contributed by atoms with Crippen molar-refractivity contribution in [1.29, 1.82) is 0 Å². The van der Waals surface area contributed by atoms with Crippen molar-refractivity contribution in [3.8, 4) is 5.75 Å². The number of piperazine rings is 1. The van der Waals surface area contributed by atoms with E-state index in [1.54, 1.807) is 30.3 Å². The molecule has 0 atom stereocenters. The van der Waals surface area contributed by atoms with Crippen LogP contribution in [0.4, 0.5) is 0 Å². The zero-order valence-corrected chi connectivity index (χ0v) is 19.3. The number of carbonyl (C=O) groups excluding carboxylic acids is 1. The molecule has 4 rings (SSSR count). The quantitative estimate of drug-likeness (QED) is 0.535. The van der Waals surface area contributed by atoms with Crippen LogP contribution >= 0.6 is 11.6 Å². The Morgan fingerprint density at radius 3 is 2.62 bits per heavy atom. The van der Waals surface area contributed by atoms with Gasteiger partial charge in [0.05, 0.1) is 11.2 Å². The van der Waals surface area contributed by atoms with Crippen molar-refractivity contribution in [1.82, 2.24) is 28.8 Å². The molecule has 1 saturated heterocycles. The van der Waals surface area contributed by atoms with Crippen LogP contribution in [0.3, 0.4) is 0 Å². The van der Waals surface area contributed by atoms with E-state index in [1.165, 1.54) is 26.1 Å². The number of sulfonamides is 1. The average Bonchev–Trinajstić information content (AvgIpc) is 3.43. The van der Waals surface area contributed by atoms with Crippen LogP contribution in [0.5, 0.6) is 5.75 Å². The molecule has 3 heterocycles. The van der Waals surface area contributed by atoms with Crippen LogP contribution in [-0.4, -0.2) is 69.3 Å². The number of aryl methyl sites for hydroxylation is 2. The predicted molar refractivity (Wildman–Crippen MR) is 117 cm³/mol. The van der Waals surface area contributed by atoms with Crippen molar-refractivity contribution in [3.63, 3.8) is 0 Å². The number of benzene rings is 1. The minimum Gasteiger partial charge on any atom is -0.470 e. The number of halogens is 1. The first kappa shape index (κ1) is 22.3. The number of ether oxygens (including phenoxy) is 1. The number of rotatable bonds is 6. The Morgan fingerprint density at radius 2 is 1.94 bits per heavy atom. The van der Waals surface area contributed by atoms with E-state index >= 15 is 0 Å². The summed E-state index contributed by atoms with van der Waals surface area (Å²) >= 11 is 6.14. The normalized spacial score (nSPS) is 15.2. The largest absolute Gasteiger partial charge is 0.470 e. The zero-order valence-electron chi connectivity index (χ0n) is 17.7. The second kappa shape index (κ2) is 8.93. The number of hydrogen-bond donors (Lipinski definition) is 0. The molecule has 0 N–H and O–H groups in total. The molecule has 1 amide bonds. The van der Waals surface area contributed by atoms with Gasteiger partial charge in [0.2, 0.25) is 10.0 Å². The highest BCUT2D eigenvalue weighted by Gasteiger charge is 2.31. The first-order valence-electron chi connectivity index (χ1n) is 9.94. The van der Waals surface area contributed by atoms with Crippen LogP contribution in [0.2, 0.25) is 5.02 Å². The predicted octanol–water partition coefficient (Wildman–Crippen LogP) is 1.76. The van der Waals surface area contributed by atoms with Gasteiger partial charge in [-0.2, -0.15) is 14.5 Å². The van der Waals surface area contributed by atoms with E-state index in [1.807, 2.05) is 19.1 Å². The van der Waals surface area contributed by atoms with E-state index in [0.717, 1.165) is 5.56 Å². The molecule has 0 aliphatic carbocycles. The van der Waals surface area contributed by atoms with Gasteiger partial charge in [-0.1, -0.05) is 17.7 Å². The standard InChI is InChI=1S/C20H23ClN6O4S/c1-15-3-4-17(21)19(11-15)31-14-26-6-5-18(23-26)20(28)25-7-9-27(10-8-25)32(29,30)16-12-22-24(2)13-16/h3-6,11-13H,7-10,14H2,1-2H3. The molecule has 0 saturated carbocycles. The number of hydrogen-bond acceptors (Lipinski definition) is 6. The van der Waals surface area contributed by atoms with E-state index in [2.05, 4.69) is 10.2 Å². The third-order valence-electron chi connectivity index (χ3n) is 5.14. The molecule has 0 radical (unpaired) electrons. The Balaban J connectivity index is 1.35. The topological polar surface area (TPSA) is 103 Å². The summed E-state index contributed by atoms with van der Waals surface area (Å²) in [5, 5.41) is 8.71. The van der Waals surface area contributed by atoms with Crippen LogP contribution in [0.1, 0.15) is 16.1 Å². The van der Waals surface area contributed by atoms with Gasteiger partial charge >= 0.3 is 0 Å². The van der Waals surface area contributed by atoms with E-state index < -0.39 is 10.0 Å². The van der Waals surface area contributed by atoms with Gasteiger partial charge in [0.15, 0.2) is 12.4 Å². The fourth-order valence-electron chi connectivity index (χ4n) is 3.38. The molecule has 0 spiro atoms. The second-order valence-corrected chi connectivity index (χ2v) is 9.84. The van der Waals surface area contributed by atoms with Crippen LogP contribution < -0.4 is 4.74 Å². The molecule has 1 aliphatic rings. The monoisotopic (exact) mass is 478 g/mol. The molecule has 32 heavy (non-hydrogen) atoms. The van der Waals surface area contributed by atoms with E-state index in [4.69, 9.17) is 16.3 Å². The lowest BCUT2D eigenvalue weighted by Gasteiger charge is -2.33. The van der Waals surface area contributed by atoms with Crippen molar-refractivity contribution in [3.05, 3.63) is 59.1 Å². The number of carbonyl (C=O) groups is 1. The molecule has 10 nitrogen and oxygen atoms in total. The Bertz CT molecular complexity index is 1230. The third-order valence-corrected chi connectivity index (χ3v) is 7.31. The lowest BCUT2D eigenvalue weighted by atomic mass is 10.2. The highest BCUT2D eigenvalue weighted by molar-refractivity contribution is 7.89. The maximum atomic E-state index is 12.8. The highest BCUT2D eigenvalue weighted by atomic mass is 35.5. The lowest BCUT2D eigenvalue weighted by Crippen LogP contribution is -2.50. The maximum Gasteiger partial charge on any atom is 0.274 e. The Kier molecular flexibility index (Phi) is 6.22. The van der Waals surface area contributed by atoms with Gasteiger partial charge in [0, 0.05) is 45.6 Å². The third kappa shape index (κ3) is 4.64. The second-order valence-electron chi connectivity index (χ2n) is 7.49. The number of nitrogens with zero attached hydrogens (tertiary/aromatic N) is 6. The Labute approximate surface area is 191 Å². The van der Waals surface area contributed by atoms with Crippen molar-refractivity contribution >= 4 is 27.5 Å². The smallest absolute Gasteiger partial charge is 0.274 e. The van der Waals surface area contributed by atoms with Gasteiger partial charge in [-0.05, 0) is 30.7 Å². The number of amides is 1. The summed E-state index contributed by atoms with van der Waals surface area (Å²) in [4.78, 5) is 14.6. The summed E-state index contributed by atoms with van der Waals surface area (Å²) in [6.07, 6.45) is 4.44. The summed E-state index contributed by atoms with van der Waals surface area (Å²) in [7, 11) is -1.96. The first-order valence-corrected chi connectivity index (χ1v) is 11.8. The van der Waals surface area contributed by atoms with Crippen molar-refractivity contribution in [2.24, 2.45) is 7.05 Å². The number of aromatic nitrogens is 4. The Morgan fingerprint density at radius 1 is 1.19 bits per heavy atom. The van der Waals surface area contributed by atoms with Gasteiger partial charge < -0.3 is 9.64 Å². The zero-order chi connectivity index (χ0) is 22.9. The summed E-state index contributed by atoms with van der Waals surface area (Å²) < 4.78 is 35.4. The molecule has 1 aliphatic heterocycles. The molecule has 0 unspecified atom stereocenters. The summed E-state index contributed by atoms with van der Waals surface area (Å²) in [5.74, 6) is 0.289. The average molecular weight is 479 g/mol. The molecule has 1 aromatic carbocycles. The van der Waals surface area contributed by atoms with Crippen LogP contribution in [0, 0.1) is 6.92 Å².